The summed E-state index contributed by atoms with van der Waals surface area (Å²) in [5.41, 5.74) is 0. The molecule has 5 nitrogen and oxygen atoms in total. The van der Waals surface area contributed by atoms with E-state index in [0.717, 1.165) is 25.0 Å². The molecule has 0 aromatic carbocycles. The molecule has 1 heterocycles. The van der Waals surface area contributed by atoms with Gasteiger partial charge in [-0.05, 0) is 20.3 Å². The minimum absolute atomic E-state index is 0.0169. The monoisotopic (exact) mass is 267 g/mol. The van der Waals surface area contributed by atoms with Crippen molar-refractivity contribution in [1.29, 1.82) is 0 Å². The van der Waals surface area contributed by atoms with Crippen LogP contribution in [0.1, 0.15) is 52.2 Å². The number of hydrogen-bond donors (Lipinski definition) is 2. The fraction of sp³-hybridized carbons (Fsp3) is 0.714. The number of hydrogen-bond acceptors (Lipinski definition) is 4. The first-order valence-corrected chi connectivity index (χ1v) is 7.04. The van der Waals surface area contributed by atoms with Gasteiger partial charge < -0.3 is 9.73 Å². The second-order valence-electron chi connectivity index (χ2n) is 4.87. The normalized spacial score (nSPS) is 14.1. The van der Waals surface area contributed by atoms with Crippen LogP contribution in [0.2, 0.25) is 0 Å². The first kappa shape index (κ1) is 15.7. The molecule has 2 N–H and O–H groups in total. The second-order valence-corrected chi connectivity index (χ2v) is 4.87. The van der Waals surface area contributed by atoms with Gasteiger partial charge in [0.15, 0.2) is 0 Å². The Morgan fingerprint density at radius 1 is 1.42 bits per heavy atom. The lowest BCUT2D eigenvalue weighted by atomic mass is 10.2. The summed E-state index contributed by atoms with van der Waals surface area (Å²) in [5.74, 6) is 1.51. The Labute approximate surface area is 115 Å². The smallest absolute Gasteiger partial charge is 0.237 e. The Hall–Kier alpha value is -1.36. The van der Waals surface area contributed by atoms with E-state index in [-0.39, 0.29) is 18.0 Å². The van der Waals surface area contributed by atoms with Crippen molar-refractivity contribution < 1.29 is 9.21 Å². The van der Waals surface area contributed by atoms with Gasteiger partial charge in [0.2, 0.25) is 11.8 Å². The summed E-state index contributed by atoms with van der Waals surface area (Å²) < 4.78 is 5.48. The van der Waals surface area contributed by atoms with Crippen LogP contribution < -0.4 is 10.6 Å². The first-order valence-electron chi connectivity index (χ1n) is 7.04. The Morgan fingerprint density at radius 3 is 2.74 bits per heavy atom. The number of aromatic nitrogens is 1. The van der Waals surface area contributed by atoms with Gasteiger partial charge in [0.05, 0.1) is 18.8 Å². The Bertz CT molecular complexity index is 390. The Balaban J connectivity index is 2.33. The molecule has 0 saturated carbocycles. The SMILES string of the molecule is CCCC(C)NC(=O)C(C)NCc1ncc(CC)o1. The third kappa shape index (κ3) is 5.42. The lowest BCUT2D eigenvalue weighted by Gasteiger charge is -2.17. The molecule has 0 aliphatic carbocycles. The fourth-order valence-electron chi connectivity index (χ4n) is 1.80. The van der Waals surface area contributed by atoms with Crippen LogP contribution in [-0.2, 0) is 17.8 Å². The zero-order chi connectivity index (χ0) is 14.3. The summed E-state index contributed by atoms with van der Waals surface area (Å²) in [6, 6.07) is -0.0357. The second kappa shape index (κ2) is 7.94. The van der Waals surface area contributed by atoms with Gasteiger partial charge in [-0.25, -0.2) is 4.98 Å². The van der Waals surface area contributed by atoms with E-state index < -0.39 is 0 Å². The molecule has 0 saturated heterocycles. The van der Waals surface area contributed by atoms with E-state index in [4.69, 9.17) is 4.42 Å². The molecule has 0 bridgehead atoms. The zero-order valence-corrected chi connectivity index (χ0v) is 12.3. The number of rotatable bonds is 8. The van der Waals surface area contributed by atoms with Crippen LogP contribution in [0.25, 0.3) is 0 Å². The molecule has 5 heteroatoms. The van der Waals surface area contributed by atoms with Crippen molar-refractivity contribution in [3.05, 3.63) is 17.8 Å². The van der Waals surface area contributed by atoms with Gasteiger partial charge in [0.25, 0.3) is 0 Å². The summed E-state index contributed by atoms with van der Waals surface area (Å²) in [5, 5.41) is 6.10. The van der Waals surface area contributed by atoms with E-state index in [9.17, 15) is 4.79 Å². The molecule has 1 amide bonds. The number of aryl methyl sites for hydroxylation is 1. The van der Waals surface area contributed by atoms with Crippen LogP contribution in [0.5, 0.6) is 0 Å². The summed E-state index contributed by atoms with van der Waals surface area (Å²) in [7, 11) is 0. The van der Waals surface area contributed by atoms with Crippen molar-refractivity contribution in [2.24, 2.45) is 0 Å². The zero-order valence-electron chi connectivity index (χ0n) is 12.3. The van der Waals surface area contributed by atoms with E-state index in [2.05, 4.69) is 22.5 Å². The van der Waals surface area contributed by atoms with Gasteiger partial charge in [-0.15, -0.1) is 0 Å². The first-order chi connectivity index (χ1) is 9.06. The van der Waals surface area contributed by atoms with Crippen molar-refractivity contribution in [3.8, 4) is 0 Å². The molecule has 1 rings (SSSR count). The molecule has 0 aliphatic heterocycles. The van der Waals surface area contributed by atoms with Crippen LogP contribution in [0.3, 0.4) is 0 Å². The van der Waals surface area contributed by atoms with Gasteiger partial charge >= 0.3 is 0 Å². The van der Waals surface area contributed by atoms with Crippen molar-refractivity contribution in [3.63, 3.8) is 0 Å². The van der Waals surface area contributed by atoms with E-state index in [1.54, 1.807) is 6.20 Å². The van der Waals surface area contributed by atoms with Gasteiger partial charge in [0, 0.05) is 12.5 Å². The number of nitrogens with zero attached hydrogens (tertiary/aromatic N) is 1. The number of carbonyl (C=O) groups excluding carboxylic acids is 1. The minimum Gasteiger partial charge on any atom is -0.444 e. The van der Waals surface area contributed by atoms with Crippen molar-refractivity contribution in [2.75, 3.05) is 0 Å². The summed E-state index contributed by atoms with van der Waals surface area (Å²) in [4.78, 5) is 16.0. The van der Waals surface area contributed by atoms with E-state index in [0.29, 0.717) is 12.4 Å². The highest BCUT2D eigenvalue weighted by Gasteiger charge is 2.15. The molecule has 108 valence electrons. The molecule has 0 fully saturated rings. The predicted octanol–water partition coefficient (Wildman–Crippen LogP) is 2.02. The molecule has 0 spiro atoms. The maximum atomic E-state index is 11.9. The standard InChI is InChI=1S/C14H25N3O2/c1-5-7-10(3)17-14(18)11(4)15-9-13-16-8-12(6-2)19-13/h8,10-11,15H,5-7,9H2,1-4H3,(H,17,18). The largest absolute Gasteiger partial charge is 0.444 e. The molecule has 2 atom stereocenters. The molecule has 1 aromatic heterocycles. The third-order valence-electron chi connectivity index (χ3n) is 3.01. The van der Waals surface area contributed by atoms with Crippen molar-refractivity contribution in [1.82, 2.24) is 15.6 Å². The minimum atomic E-state index is -0.253. The quantitative estimate of drug-likeness (QED) is 0.756. The summed E-state index contributed by atoms with van der Waals surface area (Å²) in [6.07, 6.45) is 4.63. The van der Waals surface area contributed by atoms with Gasteiger partial charge in [0.1, 0.15) is 5.76 Å². The molecule has 1 aromatic rings. The van der Waals surface area contributed by atoms with Gasteiger partial charge in [-0.3, -0.25) is 10.1 Å². The average molecular weight is 267 g/mol. The van der Waals surface area contributed by atoms with Crippen LogP contribution in [0, 0.1) is 0 Å². The van der Waals surface area contributed by atoms with Crippen molar-refractivity contribution in [2.45, 2.75) is 65.6 Å². The number of amides is 1. The number of oxazole rings is 1. The summed E-state index contributed by atoms with van der Waals surface area (Å²) >= 11 is 0. The van der Waals surface area contributed by atoms with Gasteiger partial charge in [-0.2, -0.15) is 0 Å². The summed E-state index contributed by atoms with van der Waals surface area (Å²) in [6.45, 7) is 8.46. The highest BCUT2D eigenvalue weighted by Crippen LogP contribution is 2.04. The van der Waals surface area contributed by atoms with Crippen LogP contribution in [-0.4, -0.2) is 23.0 Å². The maximum Gasteiger partial charge on any atom is 0.237 e. The van der Waals surface area contributed by atoms with Gasteiger partial charge in [-0.1, -0.05) is 20.3 Å². The van der Waals surface area contributed by atoms with Crippen LogP contribution in [0.4, 0.5) is 0 Å². The van der Waals surface area contributed by atoms with E-state index in [1.807, 2.05) is 20.8 Å². The topological polar surface area (TPSA) is 67.2 Å². The number of carbonyl (C=O) groups is 1. The average Bonchev–Trinajstić information content (AvgIpc) is 2.84. The number of nitrogens with one attached hydrogen (secondary N) is 2. The Morgan fingerprint density at radius 2 is 2.16 bits per heavy atom. The molecule has 2 unspecified atom stereocenters. The maximum absolute atomic E-state index is 11.9. The van der Waals surface area contributed by atoms with Crippen LogP contribution in [0.15, 0.2) is 10.6 Å². The highest BCUT2D eigenvalue weighted by atomic mass is 16.4. The lowest BCUT2D eigenvalue weighted by Crippen LogP contribution is -2.45. The predicted molar refractivity (Wildman–Crippen MR) is 74.7 cm³/mol. The molecular formula is C14H25N3O2. The highest BCUT2D eigenvalue weighted by molar-refractivity contribution is 5.81. The molecular weight excluding hydrogens is 242 g/mol. The Kier molecular flexibility index (Phi) is 6.56. The molecule has 0 radical (unpaired) electrons. The molecule has 19 heavy (non-hydrogen) atoms. The van der Waals surface area contributed by atoms with Crippen LogP contribution >= 0.6 is 0 Å². The van der Waals surface area contributed by atoms with Crippen molar-refractivity contribution >= 4 is 5.91 Å². The van der Waals surface area contributed by atoms with E-state index in [1.165, 1.54) is 0 Å². The molecule has 0 aliphatic rings. The lowest BCUT2D eigenvalue weighted by molar-refractivity contribution is -0.123. The van der Waals surface area contributed by atoms with E-state index >= 15 is 0 Å². The fourth-order valence-corrected chi connectivity index (χ4v) is 1.80. The third-order valence-corrected chi connectivity index (χ3v) is 3.01.